The molecule has 1 saturated carbocycles. The third-order valence-corrected chi connectivity index (χ3v) is 11.0. The standard InChI is InChI=1S/C29H47N5O5S/c1-3-4-10-25-29(39-28(36)34(25)21-22-8-6-5-7-9-22)15-19-32(20-16-29)23-13-17-33(18-14-23)27(35)24-11-12-26(31(24)2)40(30,37)38/h11-12,22-23,25H,3-10,13-21H2,1-2H3,(H2,30,37,38). The number of rotatable bonds is 8. The average Bonchev–Trinajstić information content (AvgIpc) is 3.45. The van der Waals surface area contributed by atoms with E-state index in [2.05, 4.69) is 16.7 Å². The summed E-state index contributed by atoms with van der Waals surface area (Å²) in [6.45, 7) is 6.13. The fourth-order valence-electron chi connectivity index (χ4n) is 7.67. The molecule has 4 aliphatic rings. The van der Waals surface area contributed by atoms with Crippen LogP contribution in [0.25, 0.3) is 0 Å². The number of likely N-dealkylation sites (tertiary alicyclic amines) is 2. The maximum Gasteiger partial charge on any atom is 0.410 e. The van der Waals surface area contributed by atoms with Gasteiger partial charge in [0.25, 0.3) is 15.9 Å². The molecule has 11 heteroatoms. The van der Waals surface area contributed by atoms with Crippen LogP contribution in [0.4, 0.5) is 4.79 Å². The summed E-state index contributed by atoms with van der Waals surface area (Å²) in [7, 11) is -2.32. The monoisotopic (exact) mass is 577 g/mol. The van der Waals surface area contributed by atoms with Crippen LogP contribution in [0.2, 0.25) is 0 Å². The van der Waals surface area contributed by atoms with E-state index in [0.29, 0.717) is 30.7 Å². The van der Waals surface area contributed by atoms with E-state index >= 15 is 0 Å². The van der Waals surface area contributed by atoms with Crippen LogP contribution >= 0.6 is 0 Å². The third-order valence-electron chi connectivity index (χ3n) is 10.0. The fourth-order valence-corrected chi connectivity index (χ4v) is 8.41. The largest absolute Gasteiger partial charge is 0.440 e. The first-order valence-electron chi connectivity index (χ1n) is 15.3. The van der Waals surface area contributed by atoms with Gasteiger partial charge in [-0.2, -0.15) is 0 Å². The lowest BCUT2D eigenvalue weighted by atomic mass is 9.80. The number of aromatic nitrogens is 1. The molecule has 1 atom stereocenters. The van der Waals surface area contributed by atoms with Crippen LogP contribution < -0.4 is 5.14 Å². The topological polar surface area (TPSA) is 118 Å². The molecule has 1 aliphatic carbocycles. The van der Waals surface area contributed by atoms with Crippen molar-refractivity contribution in [1.82, 2.24) is 19.3 Å². The molecule has 0 radical (unpaired) electrons. The van der Waals surface area contributed by atoms with Crippen molar-refractivity contribution < 1.29 is 22.7 Å². The number of nitrogens with zero attached hydrogens (tertiary/aromatic N) is 4. The van der Waals surface area contributed by atoms with Gasteiger partial charge in [0, 0.05) is 58.7 Å². The summed E-state index contributed by atoms with van der Waals surface area (Å²) in [5, 5.41) is 5.21. The lowest BCUT2D eigenvalue weighted by Gasteiger charge is -2.46. The highest BCUT2D eigenvalue weighted by molar-refractivity contribution is 7.89. The van der Waals surface area contributed by atoms with Gasteiger partial charge in [-0.1, -0.05) is 39.0 Å². The summed E-state index contributed by atoms with van der Waals surface area (Å²) in [6.07, 6.45) is 13.0. The molecule has 4 heterocycles. The van der Waals surface area contributed by atoms with Crippen molar-refractivity contribution >= 4 is 22.0 Å². The molecular formula is C29H47N5O5S. The van der Waals surface area contributed by atoms with Gasteiger partial charge in [-0.15, -0.1) is 0 Å². The van der Waals surface area contributed by atoms with Crippen LogP contribution in [0, 0.1) is 5.92 Å². The van der Waals surface area contributed by atoms with E-state index in [0.717, 1.165) is 64.6 Å². The van der Waals surface area contributed by atoms with Crippen molar-refractivity contribution in [3.8, 4) is 0 Å². The summed E-state index contributed by atoms with van der Waals surface area (Å²) < 4.78 is 31.2. The predicted molar refractivity (Wildman–Crippen MR) is 152 cm³/mol. The van der Waals surface area contributed by atoms with E-state index in [9.17, 15) is 18.0 Å². The Kier molecular flexibility index (Phi) is 8.83. The Balaban J connectivity index is 1.17. The quantitative estimate of drug-likeness (QED) is 0.503. The lowest BCUT2D eigenvalue weighted by Crippen LogP contribution is -2.56. The normalized spacial score (nSPS) is 25.1. The van der Waals surface area contributed by atoms with E-state index in [1.807, 2.05) is 4.90 Å². The van der Waals surface area contributed by atoms with Gasteiger partial charge in [0.05, 0.1) is 6.04 Å². The number of unbranched alkanes of at least 4 members (excludes halogenated alkanes) is 1. The van der Waals surface area contributed by atoms with E-state index in [1.54, 1.807) is 7.05 Å². The molecule has 1 unspecified atom stereocenters. The third kappa shape index (κ3) is 5.92. The minimum Gasteiger partial charge on any atom is -0.440 e. The highest BCUT2D eigenvalue weighted by Crippen LogP contribution is 2.43. The first-order chi connectivity index (χ1) is 19.1. The smallest absolute Gasteiger partial charge is 0.410 e. The zero-order valence-corrected chi connectivity index (χ0v) is 25.0. The molecule has 2 amide bonds. The number of hydrogen-bond donors (Lipinski definition) is 1. The number of hydrogen-bond acceptors (Lipinski definition) is 6. The van der Waals surface area contributed by atoms with Crippen LogP contribution in [-0.4, -0.2) is 90.1 Å². The SMILES string of the molecule is CCCCC1N(CC2CCCCC2)C(=O)OC12CCN(C1CCN(C(=O)c3ccc(S(N)(=O)=O)n3C)CC1)CC2. The van der Waals surface area contributed by atoms with Crippen LogP contribution in [0.5, 0.6) is 0 Å². The average molecular weight is 578 g/mol. The Morgan fingerprint density at radius 1 is 1.05 bits per heavy atom. The predicted octanol–water partition coefficient (Wildman–Crippen LogP) is 3.70. The van der Waals surface area contributed by atoms with Gasteiger partial charge in [0.2, 0.25) is 0 Å². The summed E-state index contributed by atoms with van der Waals surface area (Å²) in [6, 6.07) is 3.49. The molecule has 4 fully saturated rings. The van der Waals surface area contributed by atoms with Gasteiger partial charge in [-0.3, -0.25) is 9.69 Å². The second-order valence-electron chi connectivity index (χ2n) is 12.5. The first kappa shape index (κ1) is 29.4. The van der Waals surface area contributed by atoms with Crippen molar-refractivity contribution in [1.29, 1.82) is 0 Å². The zero-order valence-electron chi connectivity index (χ0n) is 24.2. The molecule has 1 aromatic rings. The molecule has 5 rings (SSSR count). The molecule has 0 bridgehead atoms. The molecule has 10 nitrogen and oxygen atoms in total. The van der Waals surface area contributed by atoms with E-state index in [1.165, 1.54) is 48.8 Å². The minimum absolute atomic E-state index is 0.0601. The maximum atomic E-state index is 13.2. The van der Waals surface area contributed by atoms with Gasteiger partial charge in [0.1, 0.15) is 11.3 Å². The highest BCUT2D eigenvalue weighted by atomic mass is 32.2. The summed E-state index contributed by atoms with van der Waals surface area (Å²) >= 11 is 0. The number of primary sulfonamides is 1. The fraction of sp³-hybridized carbons (Fsp3) is 0.793. The van der Waals surface area contributed by atoms with E-state index in [-0.39, 0.29) is 28.7 Å². The first-order valence-corrected chi connectivity index (χ1v) is 16.9. The Morgan fingerprint density at radius 2 is 1.73 bits per heavy atom. The van der Waals surface area contributed by atoms with Crippen LogP contribution in [0.1, 0.15) is 94.5 Å². The number of ether oxygens (including phenoxy) is 1. The second-order valence-corrected chi connectivity index (χ2v) is 14.0. The molecule has 3 aliphatic heterocycles. The van der Waals surface area contributed by atoms with Gasteiger partial charge in [-0.25, -0.2) is 18.4 Å². The number of carbonyl (C=O) groups excluding carboxylic acids is 2. The minimum atomic E-state index is -3.88. The van der Waals surface area contributed by atoms with Crippen molar-refractivity contribution in [2.45, 2.75) is 107 Å². The lowest BCUT2D eigenvalue weighted by molar-refractivity contribution is -0.0386. The number of amides is 2. The molecular weight excluding hydrogens is 530 g/mol. The zero-order chi connectivity index (χ0) is 28.5. The number of piperidine rings is 2. The Labute approximate surface area is 239 Å². The van der Waals surface area contributed by atoms with Gasteiger partial charge in [0.15, 0.2) is 5.03 Å². The van der Waals surface area contributed by atoms with E-state index < -0.39 is 10.0 Å². The number of carbonyl (C=O) groups is 2. The molecule has 1 aromatic heterocycles. The van der Waals surface area contributed by atoms with Crippen LogP contribution in [0.3, 0.4) is 0 Å². The van der Waals surface area contributed by atoms with E-state index in [4.69, 9.17) is 9.88 Å². The van der Waals surface area contributed by atoms with Gasteiger partial charge >= 0.3 is 6.09 Å². The molecule has 40 heavy (non-hydrogen) atoms. The second kappa shape index (κ2) is 12.0. The van der Waals surface area contributed by atoms with Crippen molar-refractivity contribution in [3.63, 3.8) is 0 Å². The molecule has 224 valence electrons. The van der Waals surface area contributed by atoms with Crippen molar-refractivity contribution in [3.05, 3.63) is 17.8 Å². The van der Waals surface area contributed by atoms with Crippen molar-refractivity contribution in [2.24, 2.45) is 18.1 Å². The Bertz CT molecular complexity index is 1160. The summed E-state index contributed by atoms with van der Waals surface area (Å²) in [4.78, 5) is 32.8. The Hall–Kier alpha value is -2.11. The summed E-state index contributed by atoms with van der Waals surface area (Å²) in [5.41, 5.74) is -0.0388. The van der Waals surface area contributed by atoms with Crippen LogP contribution in [0.15, 0.2) is 17.2 Å². The summed E-state index contributed by atoms with van der Waals surface area (Å²) in [5.74, 6) is 0.443. The molecule has 2 N–H and O–H groups in total. The number of sulfonamides is 1. The molecule has 1 spiro atoms. The Morgan fingerprint density at radius 3 is 2.33 bits per heavy atom. The van der Waals surface area contributed by atoms with Gasteiger partial charge in [-0.05, 0) is 50.2 Å². The maximum absolute atomic E-state index is 13.2. The van der Waals surface area contributed by atoms with Gasteiger partial charge < -0.3 is 19.1 Å². The molecule has 0 aromatic carbocycles. The number of nitrogens with two attached hydrogens (primary N) is 1. The van der Waals surface area contributed by atoms with Crippen molar-refractivity contribution in [2.75, 3.05) is 32.7 Å². The highest BCUT2D eigenvalue weighted by Gasteiger charge is 2.55. The van der Waals surface area contributed by atoms with Crippen LogP contribution in [-0.2, 0) is 21.8 Å². The molecule has 3 saturated heterocycles.